The number of hydrogen-bond acceptors (Lipinski definition) is 3. The van der Waals surface area contributed by atoms with Crippen LogP contribution in [0, 0.1) is 5.41 Å². The van der Waals surface area contributed by atoms with Gasteiger partial charge in [0.25, 0.3) is 0 Å². The molecule has 2 N–H and O–H groups in total. The van der Waals surface area contributed by atoms with Crippen molar-refractivity contribution in [3.63, 3.8) is 0 Å². The van der Waals surface area contributed by atoms with Crippen molar-refractivity contribution in [1.29, 1.82) is 0 Å². The zero-order valence-corrected chi connectivity index (χ0v) is 9.84. The fourth-order valence-electron chi connectivity index (χ4n) is 1.14. The lowest BCUT2D eigenvalue weighted by molar-refractivity contribution is 0.398. The smallest absolute Gasteiger partial charge is 0.0963 e. The van der Waals surface area contributed by atoms with Gasteiger partial charge >= 0.3 is 0 Å². The number of thioether (sulfide) groups is 1. The Morgan fingerprint density at radius 2 is 2.14 bits per heavy atom. The van der Waals surface area contributed by atoms with E-state index in [-0.39, 0.29) is 5.41 Å². The lowest BCUT2D eigenvalue weighted by Crippen LogP contribution is -2.30. The highest BCUT2D eigenvalue weighted by Crippen LogP contribution is 2.33. The van der Waals surface area contributed by atoms with Crippen molar-refractivity contribution in [3.8, 4) is 0 Å². The summed E-state index contributed by atoms with van der Waals surface area (Å²) in [6, 6.07) is 5.96. The third-order valence-corrected chi connectivity index (χ3v) is 3.75. The minimum atomic E-state index is 0.219. The predicted octanol–water partition coefficient (Wildman–Crippen LogP) is 2.55. The molecule has 0 aliphatic heterocycles. The molecule has 2 nitrogen and oxygen atoms in total. The molecule has 14 heavy (non-hydrogen) atoms. The van der Waals surface area contributed by atoms with Gasteiger partial charge in [0.2, 0.25) is 0 Å². The van der Waals surface area contributed by atoms with Crippen LogP contribution in [0.15, 0.2) is 29.4 Å². The van der Waals surface area contributed by atoms with E-state index in [0.717, 1.165) is 5.03 Å². The van der Waals surface area contributed by atoms with Crippen LogP contribution in [0.3, 0.4) is 0 Å². The molecule has 1 unspecified atom stereocenters. The summed E-state index contributed by atoms with van der Waals surface area (Å²) < 4.78 is 0. The summed E-state index contributed by atoms with van der Waals surface area (Å²) in [5.74, 6) is 0. The lowest BCUT2D eigenvalue weighted by atomic mass is 9.92. The maximum absolute atomic E-state index is 5.76. The number of nitrogens with zero attached hydrogens (tertiary/aromatic N) is 1. The van der Waals surface area contributed by atoms with Crippen LogP contribution in [0.1, 0.15) is 20.8 Å². The second-order valence-corrected chi connectivity index (χ2v) is 5.60. The van der Waals surface area contributed by atoms with Crippen molar-refractivity contribution in [1.82, 2.24) is 4.98 Å². The first-order valence-electron chi connectivity index (χ1n) is 4.82. The summed E-state index contributed by atoms with van der Waals surface area (Å²) in [4.78, 5) is 4.29. The van der Waals surface area contributed by atoms with Gasteiger partial charge in [-0.3, -0.25) is 0 Å². The molecule has 1 aromatic heterocycles. The van der Waals surface area contributed by atoms with Crippen molar-refractivity contribution in [2.45, 2.75) is 31.0 Å². The fourth-order valence-corrected chi connectivity index (χ4v) is 2.16. The van der Waals surface area contributed by atoms with E-state index in [9.17, 15) is 0 Å². The minimum Gasteiger partial charge on any atom is -0.329 e. The number of nitrogens with two attached hydrogens (primary N) is 1. The standard InChI is InChI=1S/C11H18N2S/c1-11(2,3)9(8-12)14-10-6-4-5-7-13-10/h4-7,9H,8,12H2,1-3H3. The first-order valence-corrected chi connectivity index (χ1v) is 5.70. The Morgan fingerprint density at radius 3 is 2.57 bits per heavy atom. The van der Waals surface area contributed by atoms with Crippen LogP contribution in [0.25, 0.3) is 0 Å². The molecule has 1 atom stereocenters. The Balaban J connectivity index is 2.67. The molecule has 0 aliphatic carbocycles. The maximum atomic E-state index is 5.76. The molecule has 3 heteroatoms. The second-order valence-electron chi connectivity index (χ2n) is 4.38. The summed E-state index contributed by atoms with van der Waals surface area (Å²) in [5.41, 5.74) is 5.98. The molecular weight excluding hydrogens is 192 g/mol. The average molecular weight is 210 g/mol. The fraction of sp³-hybridized carbons (Fsp3) is 0.545. The van der Waals surface area contributed by atoms with Gasteiger partial charge in [0.05, 0.1) is 5.03 Å². The van der Waals surface area contributed by atoms with Crippen molar-refractivity contribution in [3.05, 3.63) is 24.4 Å². The van der Waals surface area contributed by atoms with E-state index in [1.807, 2.05) is 24.4 Å². The van der Waals surface area contributed by atoms with Crippen molar-refractivity contribution in [2.75, 3.05) is 6.54 Å². The van der Waals surface area contributed by atoms with Gasteiger partial charge in [0.1, 0.15) is 0 Å². The molecule has 1 heterocycles. The summed E-state index contributed by atoms with van der Waals surface area (Å²) in [5, 5.41) is 1.47. The minimum absolute atomic E-state index is 0.219. The zero-order chi connectivity index (χ0) is 10.6. The SMILES string of the molecule is CC(C)(C)C(CN)Sc1ccccn1. The van der Waals surface area contributed by atoms with Gasteiger partial charge in [-0.2, -0.15) is 0 Å². The van der Waals surface area contributed by atoms with E-state index < -0.39 is 0 Å². The largest absolute Gasteiger partial charge is 0.329 e. The maximum Gasteiger partial charge on any atom is 0.0963 e. The number of aromatic nitrogens is 1. The third kappa shape index (κ3) is 3.31. The molecule has 1 rings (SSSR count). The van der Waals surface area contributed by atoms with E-state index in [1.165, 1.54) is 0 Å². The molecule has 0 amide bonds. The van der Waals surface area contributed by atoms with E-state index in [4.69, 9.17) is 5.73 Å². The van der Waals surface area contributed by atoms with Gasteiger partial charge < -0.3 is 5.73 Å². The first-order chi connectivity index (χ1) is 6.54. The van der Waals surface area contributed by atoms with Gasteiger partial charge in [-0.25, -0.2) is 4.98 Å². The van der Waals surface area contributed by atoms with Gasteiger partial charge in [0, 0.05) is 18.0 Å². The lowest BCUT2D eigenvalue weighted by Gasteiger charge is -2.28. The van der Waals surface area contributed by atoms with Crippen LogP contribution >= 0.6 is 11.8 Å². The molecule has 0 saturated heterocycles. The summed E-state index contributed by atoms with van der Waals surface area (Å²) in [6.45, 7) is 7.31. The van der Waals surface area contributed by atoms with Crippen LogP contribution in [0.5, 0.6) is 0 Å². The highest BCUT2D eigenvalue weighted by molar-refractivity contribution is 7.99. The van der Waals surface area contributed by atoms with Crippen molar-refractivity contribution in [2.24, 2.45) is 11.1 Å². The number of hydrogen-bond donors (Lipinski definition) is 1. The first kappa shape index (κ1) is 11.5. The van der Waals surface area contributed by atoms with Gasteiger partial charge in [-0.15, -0.1) is 11.8 Å². The molecule has 0 fully saturated rings. The highest BCUT2D eigenvalue weighted by atomic mass is 32.2. The zero-order valence-electron chi connectivity index (χ0n) is 9.03. The molecule has 0 spiro atoms. The molecule has 0 saturated carbocycles. The summed E-state index contributed by atoms with van der Waals surface area (Å²) >= 11 is 1.76. The monoisotopic (exact) mass is 210 g/mol. The Hall–Kier alpha value is -0.540. The van der Waals surface area contributed by atoms with Crippen LogP contribution in [0.2, 0.25) is 0 Å². The Morgan fingerprint density at radius 1 is 1.43 bits per heavy atom. The normalized spacial score (nSPS) is 14.0. The molecule has 0 aromatic carbocycles. The average Bonchev–Trinajstić information content (AvgIpc) is 2.14. The van der Waals surface area contributed by atoms with Gasteiger partial charge in [-0.1, -0.05) is 26.8 Å². The Bertz CT molecular complexity index is 266. The van der Waals surface area contributed by atoms with Gasteiger partial charge in [-0.05, 0) is 17.5 Å². The Kier molecular flexibility index (Phi) is 3.96. The van der Waals surface area contributed by atoms with Crippen molar-refractivity contribution >= 4 is 11.8 Å². The Labute approximate surface area is 90.3 Å². The van der Waals surface area contributed by atoms with Crippen LogP contribution in [-0.2, 0) is 0 Å². The van der Waals surface area contributed by atoms with E-state index in [2.05, 4.69) is 25.8 Å². The van der Waals surface area contributed by atoms with Crippen LogP contribution in [-0.4, -0.2) is 16.8 Å². The molecule has 1 aromatic rings. The topological polar surface area (TPSA) is 38.9 Å². The quantitative estimate of drug-likeness (QED) is 0.779. The molecule has 0 radical (unpaired) electrons. The number of pyridine rings is 1. The highest BCUT2D eigenvalue weighted by Gasteiger charge is 2.24. The number of rotatable bonds is 3. The molecular formula is C11H18N2S. The van der Waals surface area contributed by atoms with Gasteiger partial charge in [0.15, 0.2) is 0 Å². The third-order valence-electron chi connectivity index (χ3n) is 2.08. The summed E-state index contributed by atoms with van der Waals surface area (Å²) in [6.07, 6.45) is 1.82. The van der Waals surface area contributed by atoms with Crippen LogP contribution < -0.4 is 5.73 Å². The second kappa shape index (κ2) is 4.80. The van der Waals surface area contributed by atoms with E-state index >= 15 is 0 Å². The van der Waals surface area contributed by atoms with Crippen molar-refractivity contribution < 1.29 is 0 Å². The molecule has 0 bridgehead atoms. The predicted molar refractivity (Wildman–Crippen MR) is 62.4 cm³/mol. The molecule has 0 aliphatic rings. The molecule has 78 valence electrons. The van der Waals surface area contributed by atoms with E-state index in [0.29, 0.717) is 11.8 Å². The van der Waals surface area contributed by atoms with Crippen LogP contribution in [0.4, 0.5) is 0 Å². The summed E-state index contributed by atoms with van der Waals surface area (Å²) in [7, 11) is 0. The van der Waals surface area contributed by atoms with E-state index in [1.54, 1.807) is 11.8 Å².